The molecule has 4 heterocycles. The van der Waals surface area contributed by atoms with Crippen LogP contribution in [0.25, 0.3) is 0 Å². The molecule has 18 nitrogen and oxygen atoms in total. The van der Waals surface area contributed by atoms with E-state index in [0.717, 1.165) is 25.2 Å². The molecule has 4 aromatic rings. The Balaban J connectivity index is -0.000000971. The molecule has 1 amide bonds. The Bertz CT molecular complexity index is 2270. The van der Waals surface area contributed by atoms with Gasteiger partial charge in [0.15, 0.2) is 0 Å². The molecule has 19 heteroatoms. The van der Waals surface area contributed by atoms with E-state index in [0.29, 0.717) is 53.3 Å². The molecule has 0 spiro atoms. The molecule has 0 aliphatic rings. The first kappa shape index (κ1) is 84.3. The summed E-state index contributed by atoms with van der Waals surface area (Å²) in [6.07, 6.45) is 21.1. The second-order valence-electron chi connectivity index (χ2n) is 32.9. The van der Waals surface area contributed by atoms with Gasteiger partial charge in [0.1, 0.15) is 18.9 Å². The Labute approximate surface area is 537 Å². The zero-order valence-electron chi connectivity index (χ0n) is 59.0. The van der Waals surface area contributed by atoms with Crippen molar-refractivity contribution in [3.05, 3.63) is 54.6 Å². The molecule has 0 saturated carbocycles. The van der Waals surface area contributed by atoms with Crippen molar-refractivity contribution < 1.29 is 61.3 Å². The molecule has 0 aliphatic heterocycles. The fourth-order valence-electron chi connectivity index (χ4n) is 7.08. The molecule has 0 aromatic carbocycles. The number of nitrogens with one attached hydrogen (secondary N) is 1. The quantitative estimate of drug-likeness (QED) is 0.0670. The van der Waals surface area contributed by atoms with Crippen LogP contribution in [0.3, 0.4) is 0 Å². The summed E-state index contributed by atoms with van der Waals surface area (Å²) in [5.74, 6) is -0.392. The fraction of sp³-hybridized carbons (Fsp3) is 0.815. The molecule has 0 unspecified atom stereocenters. The van der Waals surface area contributed by atoms with Crippen LogP contribution in [0.4, 0.5) is 0 Å². The number of ether oxygens (including phenoxy) is 3. The van der Waals surface area contributed by atoms with E-state index in [9.17, 15) is 14.4 Å². The number of amides is 1. The number of carbonyl (C=O) groups is 3. The zero-order valence-corrected chi connectivity index (χ0v) is 61.9. The summed E-state index contributed by atoms with van der Waals surface area (Å²) >= 11 is 0. The first-order valence-electron chi connectivity index (χ1n) is 29.9. The Morgan fingerprint density at radius 1 is 0.512 bits per heavy atom. The minimum Gasteiger partial charge on any atom is -0.461 e. The van der Waals surface area contributed by atoms with Crippen LogP contribution in [0.1, 0.15) is 264 Å². The number of carbonyl (C=O) groups excluding carboxylic acids is 3. The maximum atomic E-state index is 11.8. The minimum atomic E-state index is -0.392. The van der Waals surface area contributed by atoms with Gasteiger partial charge >= 0.3 is 11.9 Å². The van der Waals surface area contributed by atoms with Gasteiger partial charge in [-0.15, -0.1) is 27.9 Å². The molecule has 1 N–H and O–H groups in total. The monoisotopic (exact) mass is 1260 g/mol. The predicted octanol–water partition coefficient (Wildman–Crippen LogP) is 14.8. The molecular formula is C65H122N12O6Y-2. The van der Waals surface area contributed by atoms with Crippen LogP contribution < -0.4 is 5.32 Å². The van der Waals surface area contributed by atoms with Gasteiger partial charge in [-0.2, -0.15) is 5.10 Å². The van der Waals surface area contributed by atoms with E-state index >= 15 is 0 Å². The van der Waals surface area contributed by atoms with Gasteiger partial charge in [0.25, 0.3) is 0 Å². The van der Waals surface area contributed by atoms with Crippen LogP contribution in [0.5, 0.6) is 0 Å². The molecule has 0 atom stereocenters. The van der Waals surface area contributed by atoms with E-state index in [4.69, 9.17) is 14.2 Å². The molecule has 483 valence electrons. The molecular weight excluding hydrogens is 1130 g/mol. The standard InChI is InChI=1S/C17H29N3O3.C14H30O.C13H23N3O2.C9H20.2C6H10N3.Y/c1-16(2,3)9-14(21)23-12-13-10-19-20(11-13)8-7-18-15(22)17(4,5)6;1-13(2,3)9-7-8-11-15-12-10-14(4,5)6;1-12(2,3)7-11(17)18-9-10-8-16(15-14-10)13(4,5)6;1-8(2,3)7-9(4,5)6;2*1-6(2,3)9-5-4-7-8-9;/h10-11H,7-9,12H2,1-6H3,(H,18,22);7-12H2,1-6H3;8H,7,9H2,1-6H3;7H2,1-6H3;2*5H,1-3H3;/q;;;;2*-1;. The summed E-state index contributed by atoms with van der Waals surface area (Å²) in [6.45, 7) is 66.9. The van der Waals surface area contributed by atoms with Crippen molar-refractivity contribution in [3.63, 3.8) is 0 Å². The van der Waals surface area contributed by atoms with E-state index in [1.807, 2.05) is 95.5 Å². The average molecular weight is 1260 g/mol. The topological polar surface area (TPSA) is 201 Å². The van der Waals surface area contributed by atoms with Crippen LogP contribution in [0, 0.1) is 50.3 Å². The van der Waals surface area contributed by atoms with Gasteiger partial charge in [-0.3, -0.25) is 28.4 Å². The van der Waals surface area contributed by atoms with Gasteiger partial charge in [0.05, 0.1) is 48.4 Å². The average Bonchev–Trinajstić information content (AvgIpc) is 4.10. The van der Waals surface area contributed by atoms with Crippen molar-refractivity contribution >= 4 is 17.8 Å². The number of nitrogens with zero attached hydrogens (tertiary/aromatic N) is 11. The molecule has 0 saturated heterocycles. The van der Waals surface area contributed by atoms with E-state index in [1.54, 1.807) is 37.3 Å². The molecule has 4 aromatic heterocycles. The number of hydrogen-bond donors (Lipinski definition) is 1. The normalized spacial score (nSPS) is 12.4. The third-order valence-corrected chi connectivity index (χ3v) is 11.0. The summed E-state index contributed by atoms with van der Waals surface area (Å²) in [5.41, 5.74) is 2.80. The Morgan fingerprint density at radius 3 is 1.29 bits per heavy atom. The Kier molecular flexibility index (Phi) is 37.2. The molecule has 1 radical (unpaired) electrons. The second kappa shape index (κ2) is 37.1. The van der Waals surface area contributed by atoms with Crippen LogP contribution in [-0.4, -0.2) is 92.4 Å². The molecule has 0 fully saturated rings. The first-order chi connectivity index (χ1) is 37.2. The zero-order chi connectivity index (χ0) is 65.1. The van der Waals surface area contributed by atoms with Crippen molar-refractivity contribution in [1.82, 2.24) is 60.1 Å². The summed E-state index contributed by atoms with van der Waals surface area (Å²) in [6, 6.07) is 0. The van der Waals surface area contributed by atoms with Crippen molar-refractivity contribution in [1.29, 1.82) is 0 Å². The number of rotatable bonds is 15. The van der Waals surface area contributed by atoms with E-state index in [2.05, 4.69) is 178 Å². The number of unbranched alkanes of at least 4 members (excludes halogenated alkanes) is 1. The van der Waals surface area contributed by atoms with Gasteiger partial charge in [-0.05, 0) is 120 Å². The third-order valence-electron chi connectivity index (χ3n) is 11.0. The van der Waals surface area contributed by atoms with Gasteiger partial charge in [-0.25, -0.2) is 4.68 Å². The predicted molar refractivity (Wildman–Crippen MR) is 337 cm³/mol. The minimum absolute atomic E-state index is 0. The van der Waals surface area contributed by atoms with E-state index in [-0.39, 0.29) is 91.2 Å². The van der Waals surface area contributed by atoms with Crippen molar-refractivity contribution in [3.8, 4) is 0 Å². The van der Waals surface area contributed by atoms with Crippen LogP contribution in [-0.2, 0) is 97.7 Å². The SMILES string of the molecule is CC(C)(C)CC(=O)OCc1cn(C(C)(C)C)nn1.CC(C)(C)CC(=O)OCc1cnn(CCNC(=O)C(C)(C)C)c1.CC(C)(C)CC(C)(C)C.CC(C)(C)CCCCOCCC(C)(C)C.CC(C)(C)n1c[c-]nn1.CC(C)(C)n1c[c-]nn1.[Y]. The largest absolute Gasteiger partial charge is 0.461 e. The smallest absolute Gasteiger partial charge is 0.306 e. The summed E-state index contributed by atoms with van der Waals surface area (Å²) in [5, 5.41) is 29.8. The van der Waals surface area contributed by atoms with Crippen LogP contribution >= 0.6 is 0 Å². The van der Waals surface area contributed by atoms with Crippen molar-refractivity contribution in [2.45, 2.75) is 289 Å². The number of aromatic nitrogens is 11. The molecule has 0 bridgehead atoms. The Morgan fingerprint density at radius 2 is 0.952 bits per heavy atom. The summed E-state index contributed by atoms with van der Waals surface area (Å²) < 4.78 is 23.1. The molecule has 4 rings (SSSR count). The van der Waals surface area contributed by atoms with Gasteiger partial charge in [0.2, 0.25) is 5.91 Å². The van der Waals surface area contributed by atoms with Gasteiger partial charge in [-0.1, -0.05) is 157 Å². The van der Waals surface area contributed by atoms with Gasteiger partial charge < -0.3 is 42.1 Å². The van der Waals surface area contributed by atoms with Gasteiger partial charge in [0, 0.05) is 69.6 Å². The van der Waals surface area contributed by atoms with E-state index in [1.165, 1.54) is 25.7 Å². The summed E-state index contributed by atoms with van der Waals surface area (Å²) in [4.78, 5) is 35.0. The first-order valence-corrected chi connectivity index (χ1v) is 29.9. The summed E-state index contributed by atoms with van der Waals surface area (Å²) in [7, 11) is 0. The number of esters is 2. The molecule has 84 heavy (non-hydrogen) atoms. The number of hydrogen-bond acceptors (Lipinski definition) is 13. The second-order valence-corrected chi connectivity index (χ2v) is 32.9. The van der Waals surface area contributed by atoms with E-state index < -0.39 is 5.41 Å². The maximum absolute atomic E-state index is 11.8. The van der Waals surface area contributed by atoms with Crippen molar-refractivity contribution in [2.75, 3.05) is 19.8 Å². The van der Waals surface area contributed by atoms with Crippen LogP contribution in [0.2, 0.25) is 0 Å². The third kappa shape index (κ3) is 50.3. The maximum Gasteiger partial charge on any atom is 0.306 e. The Hall–Kier alpha value is -3.90. The van der Waals surface area contributed by atoms with Crippen LogP contribution in [0.15, 0.2) is 31.0 Å². The van der Waals surface area contributed by atoms with Crippen molar-refractivity contribution in [2.24, 2.45) is 37.9 Å². The molecule has 0 aliphatic carbocycles. The fourth-order valence-corrected chi connectivity index (χ4v) is 7.08.